The second-order valence-electron chi connectivity index (χ2n) is 24.3. The predicted molar refractivity (Wildman–Crippen MR) is 253 cm³/mol. The zero-order valence-electron chi connectivity index (χ0n) is 43.5. The highest BCUT2D eigenvalue weighted by Gasteiger charge is 2.68. The van der Waals surface area contributed by atoms with E-state index in [-0.39, 0.29) is 47.9 Å². The van der Waals surface area contributed by atoms with E-state index in [1.165, 1.54) is 19.4 Å². The summed E-state index contributed by atoms with van der Waals surface area (Å²) in [7, 11) is 0. The lowest BCUT2D eigenvalue weighted by atomic mass is 9.46. The van der Waals surface area contributed by atoms with Crippen LogP contribution in [-0.2, 0) is 42.6 Å². The Morgan fingerprint density at radius 2 is 1.41 bits per heavy atom. The Kier molecular flexibility index (Phi) is 17.2. The zero-order chi connectivity index (χ0) is 53.6. The van der Waals surface area contributed by atoms with Crippen LogP contribution in [0.1, 0.15) is 106 Å². The van der Waals surface area contributed by atoms with Gasteiger partial charge in [0, 0.05) is 6.42 Å². The first kappa shape index (κ1) is 57.5. The molecule has 13 N–H and O–H groups in total. The smallest absolute Gasteiger partial charge is 0.202 e. The standard InChI is InChI=1S/C52H86O22/c1-22(20-66-45-40(61)38(59)36(57)33(19-54)71-45)9-14-51(21-55)23(2)34-32(73-51)16-31-29-8-7-26-15-27(10-12-49(26,5)30(29)11-13-50(31,34)6)69-48-44(64)52(65,17-28(18-53)70-48)74-47-42(63)39(60)43(25(4)68-47)72-46-41(62)37(58)35(56)24(3)67-46/h7,22-25,27-48,53-65H,8-21H2,1-6H3/t22-,23-,24?,25?,27+,28?,29?,30?,31?,32?,33?,34?,35+,36-,37+,38-,39-,40?,41?,42?,43+,44?,45-,46+,47+,48-,49+,50+,51?,52+/m1/s1. The second kappa shape index (κ2) is 22.1. The Labute approximate surface area is 432 Å². The van der Waals surface area contributed by atoms with E-state index in [1.807, 2.05) is 6.92 Å². The van der Waals surface area contributed by atoms with Gasteiger partial charge in [0.1, 0.15) is 61.0 Å². The molecule has 4 aliphatic carbocycles. The van der Waals surface area contributed by atoms with Crippen molar-refractivity contribution in [3.63, 3.8) is 0 Å². The number of allylic oxidation sites excluding steroid dienone is 1. The van der Waals surface area contributed by atoms with E-state index in [9.17, 15) is 66.4 Å². The number of hydrogen-bond donors (Lipinski definition) is 13. The fourth-order valence-electron chi connectivity index (χ4n) is 15.4. The molecule has 0 amide bonds. The molecule has 426 valence electrons. The van der Waals surface area contributed by atoms with Gasteiger partial charge in [-0.3, -0.25) is 0 Å². The number of aliphatic hydroxyl groups is 13. The Bertz CT molecular complexity index is 1930. The number of aliphatic hydroxyl groups excluding tert-OH is 12. The van der Waals surface area contributed by atoms with Gasteiger partial charge in [-0.2, -0.15) is 0 Å². The van der Waals surface area contributed by atoms with Crippen molar-refractivity contribution in [2.24, 2.45) is 46.3 Å². The van der Waals surface area contributed by atoms with Crippen molar-refractivity contribution in [2.45, 2.75) is 240 Å². The summed E-state index contributed by atoms with van der Waals surface area (Å²) in [6.45, 7) is 11.0. The van der Waals surface area contributed by atoms with Gasteiger partial charge in [-0.15, -0.1) is 0 Å². The molecule has 0 aromatic heterocycles. The van der Waals surface area contributed by atoms with Crippen molar-refractivity contribution in [1.29, 1.82) is 0 Å². The van der Waals surface area contributed by atoms with E-state index in [2.05, 4.69) is 26.8 Å². The Morgan fingerprint density at radius 3 is 2.11 bits per heavy atom. The molecule has 22 heteroatoms. The highest BCUT2D eigenvalue weighted by molar-refractivity contribution is 5.27. The molecule has 3 saturated carbocycles. The molecule has 22 nitrogen and oxygen atoms in total. The fraction of sp³-hybridized carbons (Fsp3) is 0.962. The molecule has 74 heavy (non-hydrogen) atoms. The van der Waals surface area contributed by atoms with E-state index in [0.29, 0.717) is 43.4 Å². The maximum absolute atomic E-state index is 11.9. The number of rotatable bonds is 15. The first-order valence-corrected chi connectivity index (χ1v) is 27.2. The molecule has 0 spiro atoms. The summed E-state index contributed by atoms with van der Waals surface area (Å²) in [5.74, 6) is -0.875. The summed E-state index contributed by atoms with van der Waals surface area (Å²) in [5, 5.41) is 139. The van der Waals surface area contributed by atoms with E-state index in [1.54, 1.807) is 0 Å². The van der Waals surface area contributed by atoms with Crippen LogP contribution in [0.3, 0.4) is 0 Å². The largest absolute Gasteiger partial charge is 0.394 e. The van der Waals surface area contributed by atoms with Crippen LogP contribution in [0.5, 0.6) is 0 Å². The first-order chi connectivity index (χ1) is 34.9. The van der Waals surface area contributed by atoms with Gasteiger partial charge in [0.2, 0.25) is 5.79 Å². The first-order valence-electron chi connectivity index (χ1n) is 27.2. The normalized spacial score (nSPS) is 54.9. The molecular weight excluding hydrogens is 977 g/mol. The summed E-state index contributed by atoms with van der Waals surface area (Å²) in [6, 6.07) is 0. The molecule has 9 rings (SSSR count). The van der Waals surface area contributed by atoms with Crippen LogP contribution in [-0.4, -0.2) is 227 Å². The van der Waals surface area contributed by atoms with Gasteiger partial charge in [0.05, 0.1) is 62.5 Å². The van der Waals surface area contributed by atoms with E-state index in [4.69, 9.17) is 42.6 Å². The van der Waals surface area contributed by atoms with Crippen molar-refractivity contribution in [3.8, 4) is 0 Å². The van der Waals surface area contributed by atoms with Crippen molar-refractivity contribution >= 4 is 0 Å². The summed E-state index contributed by atoms with van der Waals surface area (Å²) in [6.07, 6.45) is -17.1. The average molecular weight is 1060 g/mol. The van der Waals surface area contributed by atoms with Gasteiger partial charge in [0.15, 0.2) is 31.3 Å². The van der Waals surface area contributed by atoms with Gasteiger partial charge in [-0.1, -0.05) is 39.3 Å². The molecule has 0 radical (unpaired) electrons. The molecule has 14 unspecified atom stereocenters. The maximum atomic E-state index is 11.9. The van der Waals surface area contributed by atoms with Crippen LogP contribution in [0.25, 0.3) is 0 Å². The van der Waals surface area contributed by atoms with Crippen molar-refractivity contribution in [3.05, 3.63) is 11.6 Å². The van der Waals surface area contributed by atoms with E-state index < -0.39 is 148 Å². The lowest BCUT2D eigenvalue weighted by Gasteiger charge is -2.58. The Hall–Kier alpha value is -1.14. The molecule has 0 bridgehead atoms. The maximum Gasteiger partial charge on any atom is 0.202 e. The molecule has 8 fully saturated rings. The topological polar surface area (TPSA) is 346 Å². The van der Waals surface area contributed by atoms with Gasteiger partial charge in [0.25, 0.3) is 0 Å². The zero-order valence-corrected chi connectivity index (χ0v) is 43.5. The van der Waals surface area contributed by atoms with Crippen LogP contribution in [0.2, 0.25) is 0 Å². The number of hydrogen-bond acceptors (Lipinski definition) is 22. The molecule has 5 saturated heterocycles. The summed E-state index contributed by atoms with van der Waals surface area (Å²) < 4.78 is 53.9. The highest BCUT2D eigenvalue weighted by Crippen LogP contribution is 2.70. The van der Waals surface area contributed by atoms with Crippen molar-refractivity contribution < 1.29 is 109 Å². The Morgan fingerprint density at radius 1 is 0.716 bits per heavy atom. The van der Waals surface area contributed by atoms with Crippen LogP contribution < -0.4 is 0 Å². The summed E-state index contributed by atoms with van der Waals surface area (Å²) in [4.78, 5) is 0. The van der Waals surface area contributed by atoms with Gasteiger partial charge in [-0.05, 0) is 118 Å². The van der Waals surface area contributed by atoms with Gasteiger partial charge in [-0.25, -0.2) is 0 Å². The molecule has 5 heterocycles. The highest BCUT2D eigenvalue weighted by atomic mass is 16.8. The minimum atomic E-state index is -2.48. The average Bonchev–Trinajstić information content (AvgIpc) is 3.84. The van der Waals surface area contributed by atoms with E-state index in [0.717, 1.165) is 32.1 Å². The molecule has 0 aromatic rings. The van der Waals surface area contributed by atoms with Gasteiger partial charge >= 0.3 is 0 Å². The van der Waals surface area contributed by atoms with Crippen molar-refractivity contribution in [1.82, 2.24) is 0 Å². The SMILES string of the molecule is CC1O[C@@H](O[C@H]2C(C)O[C@@H](O[C@@]3(O)CC(CO)O[C@@H](O[C@H]4CC[C@@]5(C)C(=CCC6C7CC8OC(CO)(CC[C@@H](C)CO[C@@H]9OC(CO)[C@@H](O)[C@@H](O)C9O)[C@H](C)C8[C@@]7(C)CCC65)C4)C3O)C(O)[C@H]2O)C(O)[C@@H](O)[C@H]1O. The van der Waals surface area contributed by atoms with Gasteiger partial charge < -0.3 is 109 Å². The number of fused-ring (bicyclic) bond motifs is 7. The van der Waals surface area contributed by atoms with Crippen LogP contribution in [0.15, 0.2) is 11.6 Å². The summed E-state index contributed by atoms with van der Waals surface area (Å²) >= 11 is 0. The predicted octanol–water partition coefficient (Wildman–Crippen LogP) is -1.59. The molecule has 9 aliphatic rings. The minimum absolute atomic E-state index is 0.00121. The van der Waals surface area contributed by atoms with Crippen LogP contribution in [0, 0.1) is 46.3 Å². The third-order valence-electron chi connectivity index (χ3n) is 19.9. The minimum Gasteiger partial charge on any atom is -0.394 e. The monoisotopic (exact) mass is 1060 g/mol. The third kappa shape index (κ3) is 10.1. The van der Waals surface area contributed by atoms with Crippen molar-refractivity contribution in [2.75, 3.05) is 26.4 Å². The lowest BCUT2D eigenvalue weighted by molar-refractivity contribution is -0.424. The Balaban J connectivity index is 0.798. The molecular formula is C52H86O22. The van der Waals surface area contributed by atoms with Crippen LogP contribution in [0.4, 0.5) is 0 Å². The molecule has 0 aromatic carbocycles. The number of ether oxygens (including phenoxy) is 9. The van der Waals surface area contributed by atoms with E-state index >= 15 is 0 Å². The molecule has 30 atom stereocenters. The fourth-order valence-corrected chi connectivity index (χ4v) is 15.4. The third-order valence-corrected chi connectivity index (χ3v) is 19.9. The second-order valence-corrected chi connectivity index (χ2v) is 24.3. The van der Waals surface area contributed by atoms with Crippen LogP contribution >= 0.6 is 0 Å². The summed E-state index contributed by atoms with van der Waals surface area (Å²) in [5.41, 5.74) is 0.459. The quantitative estimate of drug-likeness (QED) is 0.0650. The molecule has 5 aliphatic heterocycles. The lowest BCUT2D eigenvalue weighted by Crippen LogP contribution is -2.66.